The number of hydrogen-bond acceptors (Lipinski definition) is 4. The standard InChI is InChI=1S/C17H18FN3O2/c18-12-3-4-14-13(9-12)15(5-8-19-14)20-23-16(22)21-10-17(11-21)6-1-2-7-17/h3-5,8-9H,1-2,6-7,10-11H2,(H,19,20). The highest BCUT2D eigenvalue weighted by Crippen LogP contribution is 2.45. The molecule has 2 aromatic rings. The number of hydrogen-bond donors (Lipinski definition) is 1. The fourth-order valence-corrected chi connectivity index (χ4v) is 3.70. The van der Waals surface area contributed by atoms with Crippen LogP contribution in [0.25, 0.3) is 10.9 Å². The van der Waals surface area contributed by atoms with Crippen LogP contribution in [0.15, 0.2) is 30.5 Å². The first kappa shape index (κ1) is 14.2. The van der Waals surface area contributed by atoms with Crippen LogP contribution in [-0.4, -0.2) is 29.1 Å². The first-order valence-electron chi connectivity index (χ1n) is 7.91. The lowest BCUT2D eigenvalue weighted by molar-refractivity contribution is 0.00747. The molecule has 0 radical (unpaired) electrons. The fourth-order valence-electron chi connectivity index (χ4n) is 3.70. The number of halogens is 1. The van der Waals surface area contributed by atoms with Crippen LogP contribution in [0.1, 0.15) is 25.7 Å². The molecule has 0 unspecified atom stereocenters. The number of aromatic nitrogens is 1. The van der Waals surface area contributed by atoms with Crippen LogP contribution in [-0.2, 0) is 4.84 Å². The topological polar surface area (TPSA) is 54.5 Å². The normalized spacial score (nSPS) is 18.9. The number of fused-ring (bicyclic) bond motifs is 1. The van der Waals surface area contributed by atoms with Gasteiger partial charge in [-0.15, -0.1) is 0 Å². The van der Waals surface area contributed by atoms with E-state index in [-0.39, 0.29) is 11.9 Å². The van der Waals surface area contributed by atoms with Crippen LogP contribution < -0.4 is 5.48 Å². The van der Waals surface area contributed by atoms with Gasteiger partial charge in [-0.25, -0.2) is 14.7 Å². The highest BCUT2D eigenvalue weighted by atomic mass is 19.1. The zero-order valence-corrected chi connectivity index (χ0v) is 12.7. The molecule has 2 heterocycles. The van der Waals surface area contributed by atoms with Gasteiger partial charge in [0.1, 0.15) is 5.82 Å². The minimum atomic E-state index is -0.385. The van der Waals surface area contributed by atoms with E-state index in [9.17, 15) is 9.18 Å². The van der Waals surface area contributed by atoms with Crippen molar-refractivity contribution >= 4 is 22.7 Å². The number of amides is 1. The summed E-state index contributed by atoms with van der Waals surface area (Å²) in [6.07, 6.45) is 6.14. The van der Waals surface area contributed by atoms with Crippen LogP contribution in [0.3, 0.4) is 0 Å². The maximum atomic E-state index is 13.4. The van der Waals surface area contributed by atoms with Crippen molar-refractivity contribution < 1.29 is 14.0 Å². The Morgan fingerprint density at radius 2 is 2.04 bits per heavy atom. The van der Waals surface area contributed by atoms with Crippen molar-refractivity contribution in [2.24, 2.45) is 5.41 Å². The number of rotatable bonds is 2. The minimum Gasteiger partial charge on any atom is -0.324 e. The van der Waals surface area contributed by atoms with Crippen molar-refractivity contribution in [2.75, 3.05) is 18.6 Å². The summed E-state index contributed by atoms with van der Waals surface area (Å²) in [6, 6.07) is 5.97. The molecule has 0 atom stereocenters. The monoisotopic (exact) mass is 315 g/mol. The minimum absolute atomic E-state index is 0.339. The fraction of sp³-hybridized carbons (Fsp3) is 0.412. The van der Waals surface area contributed by atoms with Gasteiger partial charge in [-0.05, 0) is 37.1 Å². The molecule has 1 amide bonds. The summed E-state index contributed by atoms with van der Waals surface area (Å²) in [5.74, 6) is -0.356. The number of nitrogens with one attached hydrogen (secondary N) is 1. The Morgan fingerprint density at radius 3 is 2.83 bits per heavy atom. The Bertz CT molecular complexity index is 751. The average Bonchev–Trinajstić information content (AvgIpc) is 3.01. The highest BCUT2D eigenvalue weighted by molar-refractivity contribution is 5.91. The van der Waals surface area contributed by atoms with Gasteiger partial charge in [0, 0.05) is 30.1 Å². The Hall–Kier alpha value is -2.37. The van der Waals surface area contributed by atoms with Gasteiger partial charge in [0.25, 0.3) is 0 Å². The van der Waals surface area contributed by atoms with Gasteiger partial charge in [-0.2, -0.15) is 0 Å². The third-order valence-electron chi connectivity index (χ3n) is 4.93. The SMILES string of the molecule is O=C(ONc1ccnc2ccc(F)cc12)N1CC2(CCCC2)C1. The summed E-state index contributed by atoms with van der Waals surface area (Å²) in [7, 11) is 0. The predicted molar refractivity (Wildman–Crippen MR) is 84.3 cm³/mol. The van der Waals surface area contributed by atoms with Gasteiger partial charge in [0.05, 0.1) is 11.2 Å². The van der Waals surface area contributed by atoms with Crippen molar-refractivity contribution in [3.8, 4) is 0 Å². The van der Waals surface area contributed by atoms with Crippen LogP contribution in [0.4, 0.5) is 14.9 Å². The van der Waals surface area contributed by atoms with Gasteiger partial charge >= 0.3 is 6.09 Å². The number of pyridine rings is 1. The molecule has 0 bridgehead atoms. The lowest BCUT2D eigenvalue weighted by Crippen LogP contribution is -2.57. The zero-order chi connectivity index (χ0) is 15.9. The van der Waals surface area contributed by atoms with Crippen molar-refractivity contribution in [1.29, 1.82) is 0 Å². The maximum absolute atomic E-state index is 13.4. The van der Waals surface area contributed by atoms with E-state index >= 15 is 0 Å². The van der Waals surface area contributed by atoms with Gasteiger partial charge in [0.15, 0.2) is 0 Å². The highest BCUT2D eigenvalue weighted by Gasteiger charge is 2.47. The summed E-state index contributed by atoms with van der Waals surface area (Å²) in [6.45, 7) is 1.55. The molecule has 1 saturated carbocycles. The molecule has 1 aliphatic carbocycles. The molecule has 1 N–H and O–H groups in total. The molecule has 1 saturated heterocycles. The van der Waals surface area contributed by atoms with Crippen molar-refractivity contribution in [3.63, 3.8) is 0 Å². The lowest BCUT2D eigenvalue weighted by atomic mass is 9.79. The predicted octanol–water partition coefficient (Wildman–Crippen LogP) is 3.71. The van der Waals surface area contributed by atoms with Crippen LogP contribution in [0.5, 0.6) is 0 Å². The van der Waals surface area contributed by atoms with E-state index in [0.717, 1.165) is 13.1 Å². The summed E-state index contributed by atoms with van der Waals surface area (Å²) in [5.41, 5.74) is 4.15. The molecule has 6 heteroatoms. The third kappa shape index (κ3) is 2.58. The van der Waals surface area contributed by atoms with Crippen molar-refractivity contribution in [2.45, 2.75) is 25.7 Å². The Morgan fingerprint density at radius 1 is 1.26 bits per heavy atom. The lowest BCUT2D eigenvalue weighted by Gasteiger charge is -2.47. The van der Waals surface area contributed by atoms with E-state index in [4.69, 9.17) is 4.84 Å². The molecule has 1 aromatic heterocycles. The Kier molecular flexibility index (Phi) is 3.32. The smallest absolute Gasteiger partial charge is 0.324 e. The summed E-state index contributed by atoms with van der Waals surface area (Å²) < 4.78 is 13.4. The number of benzene rings is 1. The molecule has 4 rings (SSSR count). The van der Waals surface area contributed by atoms with Gasteiger partial charge in [0.2, 0.25) is 0 Å². The number of carbonyl (C=O) groups excluding carboxylic acids is 1. The Balaban J connectivity index is 1.41. The number of anilines is 1. The van der Waals surface area contributed by atoms with E-state index in [1.807, 2.05) is 0 Å². The second kappa shape index (κ2) is 5.37. The van der Waals surface area contributed by atoms with E-state index in [0.29, 0.717) is 22.0 Å². The molecule has 1 aromatic carbocycles. The van der Waals surface area contributed by atoms with Crippen molar-refractivity contribution in [1.82, 2.24) is 9.88 Å². The summed E-state index contributed by atoms with van der Waals surface area (Å²) in [5, 5.41) is 0.580. The first-order valence-corrected chi connectivity index (χ1v) is 7.91. The summed E-state index contributed by atoms with van der Waals surface area (Å²) >= 11 is 0. The number of nitrogens with zero attached hydrogens (tertiary/aromatic N) is 2. The number of carbonyl (C=O) groups is 1. The number of likely N-dealkylation sites (tertiary alicyclic amines) is 1. The van der Waals surface area contributed by atoms with Gasteiger partial charge in [-0.3, -0.25) is 4.98 Å². The maximum Gasteiger partial charge on any atom is 0.434 e. The van der Waals surface area contributed by atoms with Crippen LogP contribution in [0, 0.1) is 11.2 Å². The van der Waals surface area contributed by atoms with Crippen LogP contribution >= 0.6 is 0 Å². The molecule has 1 spiro atoms. The third-order valence-corrected chi connectivity index (χ3v) is 4.93. The van der Waals surface area contributed by atoms with E-state index in [1.54, 1.807) is 23.2 Å². The van der Waals surface area contributed by atoms with Crippen LogP contribution in [0.2, 0.25) is 0 Å². The van der Waals surface area contributed by atoms with Gasteiger partial charge in [-0.1, -0.05) is 12.8 Å². The zero-order valence-electron chi connectivity index (χ0n) is 12.7. The molecule has 1 aliphatic heterocycles. The molecule has 2 aliphatic rings. The van der Waals surface area contributed by atoms with E-state index < -0.39 is 0 Å². The molecule has 120 valence electrons. The second-order valence-electron chi connectivity index (χ2n) is 6.55. The molecule has 2 fully saturated rings. The van der Waals surface area contributed by atoms with E-state index in [2.05, 4.69) is 10.5 Å². The quantitative estimate of drug-likeness (QED) is 0.858. The first-order chi connectivity index (χ1) is 11.2. The second-order valence-corrected chi connectivity index (χ2v) is 6.55. The van der Waals surface area contributed by atoms with E-state index in [1.165, 1.54) is 37.8 Å². The molecular weight excluding hydrogens is 297 g/mol. The molecule has 5 nitrogen and oxygen atoms in total. The largest absolute Gasteiger partial charge is 0.434 e. The average molecular weight is 315 g/mol. The van der Waals surface area contributed by atoms with Gasteiger partial charge < -0.3 is 9.74 Å². The van der Waals surface area contributed by atoms with Crippen molar-refractivity contribution in [3.05, 3.63) is 36.3 Å². The Labute approximate surface area is 133 Å². The summed E-state index contributed by atoms with van der Waals surface area (Å²) in [4.78, 5) is 23.1. The molecule has 23 heavy (non-hydrogen) atoms. The molecular formula is C17H18FN3O2.